The SMILES string of the molecule is Cc1ncccc1NC(=O)CNCC(F)(F)F. The fourth-order valence-corrected chi connectivity index (χ4v) is 1.13. The Morgan fingerprint density at radius 2 is 2.18 bits per heavy atom. The van der Waals surface area contributed by atoms with Gasteiger partial charge in [-0.1, -0.05) is 0 Å². The van der Waals surface area contributed by atoms with Crippen molar-refractivity contribution in [3.63, 3.8) is 0 Å². The molecule has 7 heteroatoms. The minimum atomic E-state index is -4.31. The summed E-state index contributed by atoms with van der Waals surface area (Å²) in [4.78, 5) is 15.2. The lowest BCUT2D eigenvalue weighted by Crippen LogP contribution is -2.35. The molecule has 0 aliphatic rings. The zero-order chi connectivity index (χ0) is 12.9. The van der Waals surface area contributed by atoms with E-state index in [-0.39, 0.29) is 0 Å². The molecule has 1 aromatic rings. The first kappa shape index (κ1) is 13.4. The normalized spacial score (nSPS) is 11.3. The molecular formula is C10H12F3N3O. The van der Waals surface area contributed by atoms with E-state index in [9.17, 15) is 18.0 Å². The Labute approximate surface area is 96.2 Å². The highest BCUT2D eigenvalue weighted by Crippen LogP contribution is 2.12. The maximum atomic E-state index is 11.8. The molecule has 0 saturated carbocycles. The van der Waals surface area contributed by atoms with Crippen LogP contribution in [0.3, 0.4) is 0 Å². The van der Waals surface area contributed by atoms with E-state index in [1.54, 1.807) is 25.3 Å². The first-order valence-electron chi connectivity index (χ1n) is 4.87. The number of carbonyl (C=O) groups excluding carboxylic acids is 1. The average Bonchev–Trinajstić information content (AvgIpc) is 2.19. The van der Waals surface area contributed by atoms with E-state index in [1.165, 1.54) is 0 Å². The molecule has 1 heterocycles. The molecule has 1 aromatic heterocycles. The van der Waals surface area contributed by atoms with Crippen LogP contribution in [-0.4, -0.2) is 30.2 Å². The van der Waals surface area contributed by atoms with Gasteiger partial charge in [-0.05, 0) is 19.1 Å². The molecule has 0 aromatic carbocycles. The minimum Gasteiger partial charge on any atom is -0.323 e. The Morgan fingerprint density at radius 3 is 2.76 bits per heavy atom. The summed E-state index contributed by atoms with van der Waals surface area (Å²) >= 11 is 0. The summed E-state index contributed by atoms with van der Waals surface area (Å²) in [5.41, 5.74) is 1.10. The van der Waals surface area contributed by atoms with E-state index >= 15 is 0 Å². The number of aromatic nitrogens is 1. The highest BCUT2D eigenvalue weighted by molar-refractivity contribution is 5.92. The number of hydrogen-bond acceptors (Lipinski definition) is 3. The van der Waals surface area contributed by atoms with Crippen LogP contribution in [-0.2, 0) is 4.79 Å². The number of nitrogens with one attached hydrogen (secondary N) is 2. The first-order chi connectivity index (χ1) is 7.88. The van der Waals surface area contributed by atoms with Crippen LogP contribution in [0.25, 0.3) is 0 Å². The van der Waals surface area contributed by atoms with Gasteiger partial charge in [-0.15, -0.1) is 0 Å². The predicted molar refractivity (Wildman–Crippen MR) is 56.5 cm³/mol. The maximum Gasteiger partial charge on any atom is 0.401 e. The lowest BCUT2D eigenvalue weighted by molar-refractivity contribution is -0.126. The van der Waals surface area contributed by atoms with E-state index in [4.69, 9.17) is 0 Å². The fraction of sp³-hybridized carbons (Fsp3) is 0.400. The van der Waals surface area contributed by atoms with Gasteiger partial charge in [0.25, 0.3) is 0 Å². The van der Waals surface area contributed by atoms with Gasteiger partial charge < -0.3 is 10.6 Å². The van der Waals surface area contributed by atoms with Crippen LogP contribution in [0.15, 0.2) is 18.3 Å². The number of carbonyl (C=O) groups is 1. The van der Waals surface area contributed by atoms with Gasteiger partial charge in [-0.3, -0.25) is 9.78 Å². The largest absolute Gasteiger partial charge is 0.401 e. The summed E-state index contributed by atoms with van der Waals surface area (Å²) in [5.74, 6) is -0.537. The number of aryl methyl sites for hydroxylation is 1. The summed E-state index contributed by atoms with van der Waals surface area (Å²) in [6, 6.07) is 3.26. The van der Waals surface area contributed by atoms with E-state index in [2.05, 4.69) is 10.3 Å². The maximum absolute atomic E-state index is 11.8. The lowest BCUT2D eigenvalue weighted by Gasteiger charge is -2.09. The molecule has 0 saturated heterocycles. The van der Waals surface area contributed by atoms with Gasteiger partial charge in [-0.25, -0.2) is 0 Å². The van der Waals surface area contributed by atoms with Crippen molar-refractivity contribution in [2.75, 3.05) is 18.4 Å². The van der Waals surface area contributed by atoms with Gasteiger partial charge in [0.15, 0.2) is 0 Å². The van der Waals surface area contributed by atoms with Gasteiger partial charge in [0, 0.05) is 6.20 Å². The predicted octanol–water partition coefficient (Wildman–Crippen LogP) is 1.48. The van der Waals surface area contributed by atoms with Gasteiger partial charge in [0.2, 0.25) is 5.91 Å². The van der Waals surface area contributed by atoms with E-state index in [0.717, 1.165) is 0 Å². The number of alkyl halides is 3. The van der Waals surface area contributed by atoms with Crippen molar-refractivity contribution in [2.45, 2.75) is 13.1 Å². The summed E-state index contributed by atoms with van der Waals surface area (Å²) in [5, 5.41) is 4.47. The van der Waals surface area contributed by atoms with E-state index < -0.39 is 25.2 Å². The van der Waals surface area contributed by atoms with Crippen LogP contribution < -0.4 is 10.6 Å². The second-order valence-electron chi connectivity index (χ2n) is 3.40. The highest BCUT2D eigenvalue weighted by Gasteiger charge is 2.26. The summed E-state index contributed by atoms with van der Waals surface area (Å²) < 4.78 is 35.4. The molecule has 17 heavy (non-hydrogen) atoms. The second-order valence-corrected chi connectivity index (χ2v) is 3.40. The summed E-state index contributed by atoms with van der Waals surface area (Å²) in [6.07, 6.45) is -2.75. The average molecular weight is 247 g/mol. The molecule has 4 nitrogen and oxygen atoms in total. The topological polar surface area (TPSA) is 54.0 Å². The van der Waals surface area contributed by atoms with Crippen molar-refractivity contribution in [1.82, 2.24) is 10.3 Å². The number of nitrogens with zero attached hydrogens (tertiary/aromatic N) is 1. The molecule has 0 unspecified atom stereocenters. The lowest BCUT2D eigenvalue weighted by atomic mass is 10.3. The van der Waals surface area contributed by atoms with Crippen molar-refractivity contribution in [1.29, 1.82) is 0 Å². The zero-order valence-electron chi connectivity index (χ0n) is 9.14. The van der Waals surface area contributed by atoms with Gasteiger partial charge >= 0.3 is 6.18 Å². The Hall–Kier alpha value is -1.63. The standard InChI is InChI=1S/C10H12F3N3O/c1-7-8(3-2-4-15-7)16-9(17)5-14-6-10(11,12)13/h2-4,14H,5-6H2,1H3,(H,16,17). The molecule has 0 aliphatic heterocycles. The number of anilines is 1. The molecule has 0 aliphatic carbocycles. The van der Waals surface area contributed by atoms with Crippen LogP contribution in [0.1, 0.15) is 5.69 Å². The van der Waals surface area contributed by atoms with E-state index in [1.807, 2.05) is 5.32 Å². The van der Waals surface area contributed by atoms with Crippen molar-refractivity contribution in [2.24, 2.45) is 0 Å². The molecule has 0 spiro atoms. The van der Waals surface area contributed by atoms with Crippen molar-refractivity contribution in [3.8, 4) is 0 Å². The minimum absolute atomic E-state index is 0.395. The number of amides is 1. The smallest absolute Gasteiger partial charge is 0.323 e. The molecule has 1 amide bonds. The van der Waals surface area contributed by atoms with Crippen LogP contribution in [0, 0.1) is 6.92 Å². The first-order valence-corrected chi connectivity index (χ1v) is 4.87. The third-order valence-electron chi connectivity index (χ3n) is 1.89. The number of halogens is 3. The van der Waals surface area contributed by atoms with E-state index in [0.29, 0.717) is 11.4 Å². The van der Waals surface area contributed by atoms with Gasteiger partial charge in [-0.2, -0.15) is 13.2 Å². The Bertz CT molecular complexity index is 393. The number of rotatable bonds is 4. The molecule has 0 fully saturated rings. The Kier molecular flexibility index (Phi) is 4.45. The molecular weight excluding hydrogens is 235 g/mol. The highest BCUT2D eigenvalue weighted by atomic mass is 19.4. The molecule has 94 valence electrons. The van der Waals surface area contributed by atoms with Gasteiger partial charge in [0.05, 0.1) is 24.5 Å². The monoisotopic (exact) mass is 247 g/mol. The fourth-order valence-electron chi connectivity index (χ4n) is 1.13. The zero-order valence-corrected chi connectivity index (χ0v) is 9.14. The van der Waals surface area contributed by atoms with Crippen LogP contribution in [0.2, 0.25) is 0 Å². The van der Waals surface area contributed by atoms with Crippen LogP contribution in [0.4, 0.5) is 18.9 Å². The van der Waals surface area contributed by atoms with Crippen molar-refractivity contribution >= 4 is 11.6 Å². The quantitative estimate of drug-likeness (QED) is 0.847. The Balaban J connectivity index is 2.38. The molecule has 0 bridgehead atoms. The third-order valence-corrected chi connectivity index (χ3v) is 1.89. The van der Waals surface area contributed by atoms with Crippen LogP contribution in [0.5, 0.6) is 0 Å². The summed E-state index contributed by atoms with van der Waals surface area (Å²) in [6.45, 7) is 0.110. The number of pyridine rings is 1. The molecule has 0 radical (unpaired) electrons. The van der Waals surface area contributed by atoms with Gasteiger partial charge in [0.1, 0.15) is 0 Å². The van der Waals surface area contributed by atoms with Crippen LogP contribution >= 0.6 is 0 Å². The third kappa shape index (κ3) is 5.30. The van der Waals surface area contributed by atoms with Crippen molar-refractivity contribution in [3.05, 3.63) is 24.0 Å². The molecule has 2 N–H and O–H groups in total. The van der Waals surface area contributed by atoms with Crippen molar-refractivity contribution < 1.29 is 18.0 Å². The Morgan fingerprint density at radius 1 is 1.47 bits per heavy atom. The second kappa shape index (κ2) is 5.62. The molecule has 0 atom stereocenters. The summed E-state index contributed by atoms with van der Waals surface area (Å²) in [7, 11) is 0. The number of hydrogen-bond donors (Lipinski definition) is 2. The molecule has 1 rings (SSSR count).